The van der Waals surface area contributed by atoms with Crippen LogP contribution in [0.2, 0.25) is 0 Å². The Morgan fingerprint density at radius 2 is 1.89 bits per heavy atom. The lowest BCUT2D eigenvalue weighted by molar-refractivity contribution is 0.0775. The van der Waals surface area contributed by atoms with Gasteiger partial charge in [0.25, 0.3) is 5.91 Å². The number of benzene rings is 1. The van der Waals surface area contributed by atoms with Crippen LogP contribution < -0.4 is 0 Å². The summed E-state index contributed by atoms with van der Waals surface area (Å²) in [6.45, 7) is 1.81. The number of piperidine rings is 1. The first-order chi connectivity index (χ1) is 13.8. The lowest BCUT2D eigenvalue weighted by Gasteiger charge is -2.17. The number of nitrogens with zero attached hydrogens (tertiary/aromatic N) is 5. The molecule has 1 aliphatic carbocycles. The molecule has 28 heavy (non-hydrogen) atoms. The Morgan fingerprint density at radius 1 is 1.07 bits per heavy atom. The summed E-state index contributed by atoms with van der Waals surface area (Å²) in [5, 5.41) is 7.72. The third-order valence-corrected chi connectivity index (χ3v) is 5.87. The molecule has 1 saturated carbocycles. The SMILES string of the molecule is O=C(c1cnc2c(ccn2-c2ccc(-c3ncn[nH]3)cc2)c1)N1CC2CC2C1. The highest BCUT2D eigenvalue weighted by Crippen LogP contribution is 2.45. The molecule has 1 N–H and O–H groups in total. The van der Waals surface area contributed by atoms with Gasteiger partial charge in [0.1, 0.15) is 12.0 Å². The first-order valence-corrected chi connectivity index (χ1v) is 9.49. The summed E-state index contributed by atoms with van der Waals surface area (Å²) in [6, 6.07) is 12.0. The highest BCUT2D eigenvalue weighted by atomic mass is 16.2. The van der Waals surface area contributed by atoms with Gasteiger partial charge in [-0.3, -0.25) is 9.89 Å². The van der Waals surface area contributed by atoms with Gasteiger partial charge in [-0.05, 0) is 54.7 Å². The summed E-state index contributed by atoms with van der Waals surface area (Å²) in [5.41, 5.74) is 3.49. The molecule has 0 radical (unpaired) electrons. The fourth-order valence-electron chi connectivity index (χ4n) is 4.22. The molecule has 138 valence electrons. The second-order valence-electron chi connectivity index (χ2n) is 7.67. The first-order valence-electron chi connectivity index (χ1n) is 9.49. The number of H-pyrrole nitrogens is 1. The van der Waals surface area contributed by atoms with E-state index >= 15 is 0 Å². The van der Waals surface area contributed by atoms with Crippen molar-refractivity contribution in [2.75, 3.05) is 13.1 Å². The van der Waals surface area contributed by atoms with E-state index in [4.69, 9.17) is 0 Å². The van der Waals surface area contributed by atoms with Crippen molar-refractivity contribution in [2.24, 2.45) is 11.8 Å². The van der Waals surface area contributed by atoms with Gasteiger partial charge in [-0.1, -0.05) is 0 Å². The minimum Gasteiger partial charge on any atom is -0.338 e. The van der Waals surface area contributed by atoms with Gasteiger partial charge < -0.3 is 9.47 Å². The molecular weight excluding hydrogens is 352 g/mol. The lowest BCUT2D eigenvalue weighted by atomic mass is 10.2. The van der Waals surface area contributed by atoms with Gasteiger partial charge in [0, 0.05) is 42.1 Å². The molecule has 0 bridgehead atoms. The van der Waals surface area contributed by atoms with E-state index in [1.165, 1.54) is 12.7 Å². The normalized spacial score (nSPS) is 20.5. The number of aromatic nitrogens is 5. The van der Waals surface area contributed by atoms with Crippen LogP contribution in [-0.4, -0.2) is 48.6 Å². The van der Waals surface area contributed by atoms with Crippen LogP contribution in [-0.2, 0) is 0 Å². The van der Waals surface area contributed by atoms with Gasteiger partial charge in [-0.2, -0.15) is 5.10 Å². The van der Waals surface area contributed by atoms with Gasteiger partial charge in [0.15, 0.2) is 5.82 Å². The van der Waals surface area contributed by atoms with Crippen LogP contribution >= 0.6 is 0 Å². The highest BCUT2D eigenvalue weighted by molar-refractivity contribution is 5.97. The molecule has 4 heterocycles. The number of nitrogens with one attached hydrogen (secondary N) is 1. The van der Waals surface area contributed by atoms with E-state index in [0.717, 1.165) is 53.0 Å². The summed E-state index contributed by atoms with van der Waals surface area (Å²) in [5.74, 6) is 2.32. The quantitative estimate of drug-likeness (QED) is 0.601. The molecule has 4 aromatic rings. The number of pyridine rings is 1. The number of carbonyl (C=O) groups is 1. The predicted molar refractivity (Wildman–Crippen MR) is 104 cm³/mol. The average Bonchev–Trinajstić information content (AvgIpc) is 3.19. The number of amides is 1. The minimum atomic E-state index is 0.103. The zero-order valence-corrected chi connectivity index (χ0v) is 15.1. The molecule has 0 spiro atoms. The molecule has 6 rings (SSSR count). The number of rotatable bonds is 3. The molecule has 7 heteroatoms. The number of carbonyl (C=O) groups excluding carboxylic acids is 1. The smallest absolute Gasteiger partial charge is 0.255 e. The largest absolute Gasteiger partial charge is 0.338 e. The second-order valence-corrected chi connectivity index (χ2v) is 7.67. The maximum absolute atomic E-state index is 12.7. The van der Waals surface area contributed by atoms with E-state index < -0.39 is 0 Å². The van der Waals surface area contributed by atoms with Crippen LogP contribution in [0.1, 0.15) is 16.8 Å². The number of fused-ring (bicyclic) bond motifs is 2. The van der Waals surface area contributed by atoms with Crippen molar-refractivity contribution in [2.45, 2.75) is 6.42 Å². The monoisotopic (exact) mass is 370 g/mol. The molecule has 2 unspecified atom stereocenters. The molecule has 1 aliphatic heterocycles. The Balaban J connectivity index is 1.30. The van der Waals surface area contributed by atoms with Crippen LogP contribution in [0.25, 0.3) is 28.1 Å². The van der Waals surface area contributed by atoms with Crippen LogP contribution in [0.4, 0.5) is 0 Å². The summed E-state index contributed by atoms with van der Waals surface area (Å²) in [6.07, 6.45) is 6.48. The third kappa shape index (κ3) is 2.43. The van der Waals surface area contributed by atoms with Crippen molar-refractivity contribution in [1.82, 2.24) is 29.6 Å². The van der Waals surface area contributed by atoms with Gasteiger partial charge in [0.05, 0.1) is 5.56 Å². The third-order valence-electron chi connectivity index (χ3n) is 5.87. The highest BCUT2D eigenvalue weighted by Gasteiger charge is 2.46. The first kappa shape index (κ1) is 15.6. The molecule has 3 aromatic heterocycles. The zero-order chi connectivity index (χ0) is 18.7. The molecule has 1 aromatic carbocycles. The Labute approximate surface area is 161 Å². The summed E-state index contributed by atoms with van der Waals surface area (Å²) in [7, 11) is 0. The van der Waals surface area contributed by atoms with E-state index in [2.05, 4.69) is 20.2 Å². The van der Waals surface area contributed by atoms with Gasteiger partial charge in [0.2, 0.25) is 0 Å². The fourth-order valence-corrected chi connectivity index (χ4v) is 4.22. The predicted octanol–water partition coefficient (Wildman–Crippen LogP) is 2.90. The number of likely N-dealkylation sites (tertiary alicyclic amines) is 1. The molecule has 2 atom stereocenters. The Morgan fingerprint density at radius 3 is 2.64 bits per heavy atom. The van der Waals surface area contributed by atoms with Crippen LogP contribution in [0.3, 0.4) is 0 Å². The summed E-state index contributed by atoms with van der Waals surface area (Å²) < 4.78 is 2.03. The van der Waals surface area contributed by atoms with E-state index in [-0.39, 0.29) is 5.91 Å². The van der Waals surface area contributed by atoms with E-state index in [9.17, 15) is 4.79 Å². The molecule has 1 saturated heterocycles. The summed E-state index contributed by atoms with van der Waals surface area (Å²) >= 11 is 0. The Bertz CT molecular complexity index is 1170. The van der Waals surface area contributed by atoms with Crippen molar-refractivity contribution in [3.05, 3.63) is 60.7 Å². The number of aromatic amines is 1. The maximum Gasteiger partial charge on any atom is 0.255 e. The van der Waals surface area contributed by atoms with Crippen LogP contribution in [0.5, 0.6) is 0 Å². The van der Waals surface area contributed by atoms with Gasteiger partial charge >= 0.3 is 0 Å². The Hall–Kier alpha value is -3.48. The average molecular weight is 370 g/mol. The minimum absolute atomic E-state index is 0.103. The second kappa shape index (κ2) is 5.76. The van der Waals surface area contributed by atoms with Crippen molar-refractivity contribution in [3.63, 3.8) is 0 Å². The van der Waals surface area contributed by atoms with Crippen LogP contribution in [0.15, 0.2) is 55.1 Å². The van der Waals surface area contributed by atoms with Crippen LogP contribution in [0, 0.1) is 11.8 Å². The van der Waals surface area contributed by atoms with E-state index in [1.54, 1.807) is 6.20 Å². The van der Waals surface area contributed by atoms with E-state index in [0.29, 0.717) is 5.56 Å². The van der Waals surface area contributed by atoms with Crippen molar-refractivity contribution < 1.29 is 4.79 Å². The lowest BCUT2D eigenvalue weighted by Crippen LogP contribution is -2.30. The standard InChI is InChI=1S/C21H18N6O/c28-21(26-10-16-8-17(16)11-26)15-7-14-5-6-27(20(14)22-9-15)18-3-1-13(2-4-18)19-23-12-24-25-19/h1-7,9,12,16-17H,8,10-11H2,(H,23,24,25). The maximum atomic E-state index is 12.7. The van der Waals surface area contributed by atoms with Gasteiger partial charge in [-0.25, -0.2) is 9.97 Å². The van der Waals surface area contributed by atoms with E-state index in [1.807, 2.05) is 52.1 Å². The van der Waals surface area contributed by atoms with Crippen molar-refractivity contribution in [1.29, 1.82) is 0 Å². The van der Waals surface area contributed by atoms with Crippen molar-refractivity contribution >= 4 is 16.9 Å². The molecule has 2 fully saturated rings. The molecular formula is C21H18N6O. The number of hydrogen-bond donors (Lipinski definition) is 1. The summed E-state index contributed by atoms with van der Waals surface area (Å²) in [4.78, 5) is 23.5. The molecule has 2 aliphatic rings. The fraction of sp³-hybridized carbons (Fsp3) is 0.238. The van der Waals surface area contributed by atoms with Crippen molar-refractivity contribution in [3.8, 4) is 17.1 Å². The molecule has 1 amide bonds. The molecule has 7 nitrogen and oxygen atoms in total. The zero-order valence-electron chi connectivity index (χ0n) is 15.1. The topological polar surface area (TPSA) is 79.7 Å². The number of hydrogen-bond acceptors (Lipinski definition) is 4. The Kier molecular flexibility index (Phi) is 3.20. The van der Waals surface area contributed by atoms with Gasteiger partial charge in [-0.15, -0.1) is 0 Å².